The van der Waals surface area contributed by atoms with Crippen molar-refractivity contribution in [1.82, 2.24) is 14.8 Å². The summed E-state index contributed by atoms with van der Waals surface area (Å²) in [5.74, 6) is 0.722. The van der Waals surface area contributed by atoms with E-state index in [0.29, 0.717) is 18.2 Å². The highest BCUT2D eigenvalue weighted by molar-refractivity contribution is 6.32. The minimum Gasteiger partial charge on any atom is -0.491 e. The van der Waals surface area contributed by atoms with Crippen LogP contribution in [0, 0.1) is 0 Å². The van der Waals surface area contributed by atoms with Crippen LogP contribution in [0.3, 0.4) is 0 Å². The van der Waals surface area contributed by atoms with Crippen LogP contribution < -0.4 is 10.1 Å². The Kier molecular flexibility index (Phi) is 6.79. The van der Waals surface area contributed by atoms with Gasteiger partial charge in [0, 0.05) is 44.3 Å². The maximum Gasteiger partial charge on any atom is 0.238 e. The van der Waals surface area contributed by atoms with E-state index in [1.54, 1.807) is 6.20 Å². The van der Waals surface area contributed by atoms with Crippen molar-refractivity contribution in [2.24, 2.45) is 0 Å². The van der Waals surface area contributed by atoms with Gasteiger partial charge < -0.3 is 10.1 Å². The molecule has 1 aliphatic rings. The monoisotopic (exact) mass is 424 g/mol. The van der Waals surface area contributed by atoms with E-state index >= 15 is 0 Å². The number of carbonyl (C=O) groups is 1. The Morgan fingerprint density at radius 2 is 1.80 bits per heavy atom. The van der Waals surface area contributed by atoms with Gasteiger partial charge in [-0.3, -0.25) is 19.6 Å². The van der Waals surface area contributed by atoms with E-state index in [4.69, 9.17) is 16.3 Å². The molecule has 1 saturated heterocycles. The van der Waals surface area contributed by atoms with Crippen molar-refractivity contribution in [2.75, 3.05) is 51.2 Å². The number of amides is 1. The highest BCUT2D eigenvalue weighted by Crippen LogP contribution is 2.23. The number of para-hydroxylation sites is 1. The van der Waals surface area contributed by atoms with Crippen molar-refractivity contribution >= 4 is 34.1 Å². The van der Waals surface area contributed by atoms with Gasteiger partial charge in [0.1, 0.15) is 12.4 Å². The number of carbonyl (C=O) groups excluding carboxylic acids is 1. The zero-order chi connectivity index (χ0) is 20.8. The van der Waals surface area contributed by atoms with Gasteiger partial charge in [0.25, 0.3) is 0 Å². The molecule has 30 heavy (non-hydrogen) atoms. The number of anilines is 1. The topological polar surface area (TPSA) is 57.7 Å². The zero-order valence-electron chi connectivity index (χ0n) is 16.8. The van der Waals surface area contributed by atoms with Crippen LogP contribution in [-0.4, -0.2) is 66.6 Å². The first-order valence-corrected chi connectivity index (χ1v) is 10.5. The van der Waals surface area contributed by atoms with Crippen LogP contribution >= 0.6 is 11.6 Å². The number of nitrogens with one attached hydrogen (secondary N) is 1. The lowest BCUT2D eigenvalue weighted by atomic mass is 10.2. The van der Waals surface area contributed by atoms with E-state index < -0.39 is 0 Å². The minimum atomic E-state index is 0.00172. The molecular weight excluding hydrogens is 400 g/mol. The van der Waals surface area contributed by atoms with Gasteiger partial charge in [0.2, 0.25) is 5.91 Å². The number of halogens is 1. The lowest BCUT2D eigenvalue weighted by molar-refractivity contribution is -0.117. The summed E-state index contributed by atoms with van der Waals surface area (Å²) in [6, 6.07) is 17.1. The Morgan fingerprint density at radius 1 is 1.00 bits per heavy atom. The first-order chi connectivity index (χ1) is 14.7. The molecule has 0 radical (unpaired) electrons. The quantitative estimate of drug-likeness (QED) is 0.628. The smallest absolute Gasteiger partial charge is 0.238 e. The molecule has 0 atom stereocenters. The summed E-state index contributed by atoms with van der Waals surface area (Å²) < 4.78 is 5.78. The summed E-state index contributed by atoms with van der Waals surface area (Å²) >= 11 is 6.12. The van der Waals surface area contributed by atoms with Gasteiger partial charge in [-0.15, -0.1) is 0 Å². The Bertz CT molecular complexity index is 1000. The second kappa shape index (κ2) is 9.89. The molecule has 6 nitrogen and oxygen atoms in total. The van der Waals surface area contributed by atoms with Crippen molar-refractivity contribution in [2.45, 2.75) is 0 Å². The molecule has 2 heterocycles. The number of ether oxygens (including phenoxy) is 1. The van der Waals surface area contributed by atoms with Gasteiger partial charge in [-0.2, -0.15) is 0 Å². The molecule has 156 valence electrons. The van der Waals surface area contributed by atoms with Crippen LogP contribution in [0.1, 0.15) is 0 Å². The number of hydrogen-bond donors (Lipinski definition) is 1. The fraction of sp³-hybridized carbons (Fsp3) is 0.304. The van der Waals surface area contributed by atoms with Gasteiger partial charge in [-0.05, 0) is 36.4 Å². The largest absolute Gasteiger partial charge is 0.491 e. The molecule has 0 aliphatic carbocycles. The molecule has 7 heteroatoms. The Morgan fingerprint density at radius 3 is 2.63 bits per heavy atom. The van der Waals surface area contributed by atoms with Crippen molar-refractivity contribution in [1.29, 1.82) is 0 Å². The highest BCUT2D eigenvalue weighted by Gasteiger charge is 2.19. The summed E-state index contributed by atoms with van der Waals surface area (Å²) in [5, 5.41) is 4.62. The lowest BCUT2D eigenvalue weighted by Gasteiger charge is -2.34. The third-order valence-corrected chi connectivity index (χ3v) is 5.57. The number of rotatable bonds is 7. The predicted molar refractivity (Wildman–Crippen MR) is 120 cm³/mol. The lowest BCUT2D eigenvalue weighted by Crippen LogP contribution is -2.49. The number of pyridine rings is 1. The Labute approximate surface area is 181 Å². The summed E-state index contributed by atoms with van der Waals surface area (Å²) in [7, 11) is 0. The third-order valence-electron chi connectivity index (χ3n) is 5.25. The first-order valence-electron chi connectivity index (χ1n) is 10.1. The third kappa shape index (κ3) is 5.27. The number of piperazine rings is 1. The molecule has 4 rings (SSSR count). The molecule has 0 bridgehead atoms. The SMILES string of the molecule is O=C(CN1CCN(CCOc2ccccc2Cl)CC1)Nc1cccc2ncccc12. The predicted octanol–water partition coefficient (Wildman–Crippen LogP) is 3.52. The molecule has 1 aromatic heterocycles. The zero-order valence-corrected chi connectivity index (χ0v) is 17.5. The fourth-order valence-electron chi connectivity index (χ4n) is 3.62. The van der Waals surface area contributed by atoms with E-state index in [2.05, 4.69) is 20.1 Å². The first kappa shape index (κ1) is 20.6. The average molecular weight is 425 g/mol. The van der Waals surface area contributed by atoms with Gasteiger partial charge in [0.15, 0.2) is 0 Å². The number of benzene rings is 2. The normalized spacial score (nSPS) is 15.2. The summed E-state index contributed by atoms with van der Waals surface area (Å²) in [6.45, 7) is 5.37. The molecular formula is C23H25ClN4O2. The number of fused-ring (bicyclic) bond motifs is 1. The van der Waals surface area contributed by atoms with E-state index in [1.807, 2.05) is 54.6 Å². The van der Waals surface area contributed by atoms with Crippen LogP contribution in [0.5, 0.6) is 5.75 Å². The van der Waals surface area contributed by atoms with Crippen LogP contribution in [0.2, 0.25) is 5.02 Å². The molecule has 0 saturated carbocycles. The molecule has 1 fully saturated rings. The molecule has 0 spiro atoms. The molecule has 3 aromatic rings. The standard InChI is InChI=1S/C23H25ClN4O2/c24-19-6-1-2-9-22(19)30-16-15-27-11-13-28(14-12-27)17-23(29)26-21-8-3-7-20-18(21)5-4-10-25-20/h1-10H,11-17H2,(H,26,29). The highest BCUT2D eigenvalue weighted by atomic mass is 35.5. The minimum absolute atomic E-state index is 0.00172. The second-order valence-corrected chi connectivity index (χ2v) is 7.73. The van der Waals surface area contributed by atoms with E-state index in [1.165, 1.54) is 0 Å². The van der Waals surface area contributed by atoms with Crippen LogP contribution in [-0.2, 0) is 4.79 Å². The summed E-state index contributed by atoms with van der Waals surface area (Å²) in [6.07, 6.45) is 1.76. The maximum atomic E-state index is 12.5. The second-order valence-electron chi connectivity index (χ2n) is 7.32. The molecule has 2 aromatic carbocycles. The van der Waals surface area contributed by atoms with E-state index in [0.717, 1.165) is 55.1 Å². The Balaban J connectivity index is 1.21. The molecule has 1 amide bonds. The summed E-state index contributed by atoms with van der Waals surface area (Å²) in [4.78, 5) is 21.4. The fourth-order valence-corrected chi connectivity index (χ4v) is 3.81. The van der Waals surface area contributed by atoms with Crippen molar-refractivity contribution in [3.63, 3.8) is 0 Å². The number of hydrogen-bond acceptors (Lipinski definition) is 5. The maximum absolute atomic E-state index is 12.5. The van der Waals surface area contributed by atoms with Gasteiger partial charge in [-0.25, -0.2) is 0 Å². The Hall–Kier alpha value is -2.67. The number of aromatic nitrogens is 1. The summed E-state index contributed by atoms with van der Waals surface area (Å²) in [5.41, 5.74) is 1.68. The van der Waals surface area contributed by atoms with E-state index in [-0.39, 0.29) is 5.91 Å². The van der Waals surface area contributed by atoms with Crippen molar-refractivity contribution in [3.8, 4) is 5.75 Å². The van der Waals surface area contributed by atoms with Gasteiger partial charge in [0.05, 0.1) is 22.8 Å². The average Bonchev–Trinajstić information content (AvgIpc) is 2.76. The van der Waals surface area contributed by atoms with Crippen molar-refractivity contribution in [3.05, 3.63) is 65.8 Å². The molecule has 0 unspecified atom stereocenters. The van der Waals surface area contributed by atoms with Crippen molar-refractivity contribution < 1.29 is 9.53 Å². The van der Waals surface area contributed by atoms with Crippen LogP contribution in [0.15, 0.2) is 60.8 Å². The molecule has 1 N–H and O–H groups in total. The number of nitrogens with zero attached hydrogens (tertiary/aromatic N) is 3. The van der Waals surface area contributed by atoms with Gasteiger partial charge >= 0.3 is 0 Å². The van der Waals surface area contributed by atoms with Gasteiger partial charge in [-0.1, -0.05) is 29.8 Å². The van der Waals surface area contributed by atoms with Crippen LogP contribution in [0.4, 0.5) is 5.69 Å². The molecule has 1 aliphatic heterocycles. The van der Waals surface area contributed by atoms with Crippen LogP contribution in [0.25, 0.3) is 10.9 Å². The van der Waals surface area contributed by atoms with E-state index in [9.17, 15) is 4.79 Å².